The van der Waals surface area contributed by atoms with Crippen LogP contribution in [0.1, 0.15) is 5.69 Å². The van der Waals surface area contributed by atoms with Crippen LogP contribution in [0.4, 0.5) is 4.39 Å². The first-order chi connectivity index (χ1) is 7.61. The minimum Gasteiger partial charge on any atom is -0.390 e. The number of hydrogen-bond donors (Lipinski definition) is 1. The van der Waals surface area contributed by atoms with Crippen molar-refractivity contribution in [1.29, 1.82) is 0 Å². The van der Waals surface area contributed by atoms with E-state index in [0.29, 0.717) is 15.9 Å². The van der Waals surface area contributed by atoms with Crippen LogP contribution in [0.5, 0.6) is 0 Å². The van der Waals surface area contributed by atoms with Crippen LogP contribution < -0.4 is 0 Å². The van der Waals surface area contributed by atoms with E-state index in [9.17, 15) is 4.39 Å². The maximum Gasteiger partial charge on any atom is 0.141 e. The standard InChI is InChI=1S/C10H7BrClFN2O/c11-7-4-15(14-10(7)5-16)6-1-2-9(13)8(12)3-6/h1-4,16H,5H2. The first-order valence-corrected chi connectivity index (χ1v) is 5.59. The Labute approximate surface area is 105 Å². The molecule has 2 aromatic rings. The summed E-state index contributed by atoms with van der Waals surface area (Å²) in [7, 11) is 0. The molecule has 2 rings (SSSR count). The highest BCUT2D eigenvalue weighted by molar-refractivity contribution is 9.10. The number of halogens is 3. The number of aliphatic hydroxyl groups is 1. The van der Waals surface area contributed by atoms with Crippen molar-refractivity contribution in [2.24, 2.45) is 0 Å². The molecule has 0 bridgehead atoms. The van der Waals surface area contributed by atoms with Crippen molar-refractivity contribution in [3.8, 4) is 5.69 Å². The van der Waals surface area contributed by atoms with Crippen LogP contribution in [0.25, 0.3) is 5.69 Å². The van der Waals surface area contributed by atoms with Crippen molar-refractivity contribution in [2.75, 3.05) is 0 Å². The summed E-state index contributed by atoms with van der Waals surface area (Å²) in [6.07, 6.45) is 1.68. The van der Waals surface area contributed by atoms with E-state index in [-0.39, 0.29) is 11.6 Å². The molecule has 0 aliphatic heterocycles. The molecule has 0 aliphatic rings. The van der Waals surface area contributed by atoms with Crippen LogP contribution in [0, 0.1) is 5.82 Å². The highest BCUT2D eigenvalue weighted by atomic mass is 79.9. The maximum absolute atomic E-state index is 13.0. The highest BCUT2D eigenvalue weighted by Crippen LogP contribution is 2.21. The molecule has 0 unspecified atom stereocenters. The molecule has 6 heteroatoms. The number of nitrogens with zero attached hydrogens (tertiary/aromatic N) is 2. The fraction of sp³-hybridized carbons (Fsp3) is 0.100. The zero-order valence-electron chi connectivity index (χ0n) is 7.99. The monoisotopic (exact) mass is 304 g/mol. The second-order valence-corrected chi connectivity index (χ2v) is 4.39. The van der Waals surface area contributed by atoms with E-state index >= 15 is 0 Å². The Morgan fingerprint density at radius 3 is 2.81 bits per heavy atom. The smallest absolute Gasteiger partial charge is 0.141 e. The molecule has 0 spiro atoms. The number of aliphatic hydroxyl groups excluding tert-OH is 1. The summed E-state index contributed by atoms with van der Waals surface area (Å²) in [6.45, 7) is -0.164. The summed E-state index contributed by atoms with van der Waals surface area (Å²) in [4.78, 5) is 0. The van der Waals surface area contributed by atoms with Crippen LogP contribution in [0.3, 0.4) is 0 Å². The second-order valence-electron chi connectivity index (χ2n) is 3.12. The normalized spacial score (nSPS) is 10.8. The second kappa shape index (κ2) is 4.53. The fourth-order valence-electron chi connectivity index (χ4n) is 1.26. The van der Waals surface area contributed by atoms with Crippen molar-refractivity contribution >= 4 is 27.5 Å². The Morgan fingerprint density at radius 1 is 1.50 bits per heavy atom. The Morgan fingerprint density at radius 2 is 2.25 bits per heavy atom. The van der Waals surface area contributed by atoms with Crippen molar-refractivity contribution in [3.63, 3.8) is 0 Å². The average Bonchev–Trinajstić information content (AvgIpc) is 2.64. The van der Waals surface area contributed by atoms with E-state index in [1.165, 1.54) is 16.8 Å². The molecular formula is C10H7BrClFN2O. The van der Waals surface area contributed by atoms with Gasteiger partial charge in [0.05, 0.1) is 21.8 Å². The van der Waals surface area contributed by atoms with Gasteiger partial charge in [0.2, 0.25) is 0 Å². The summed E-state index contributed by atoms with van der Waals surface area (Å²) < 4.78 is 15.2. The predicted molar refractivity (Wildman–Crippen MR) is 62.2 cm³/mol. The minimum absolute atomic E-state index is 0.0367. The Hall–Kier alpha value is -0.910. The van der Waals surface area contributed by atoms with Gasteiger partial charge in [-0.15, -0.1) is 0 Å². The molecule has 16 heavy (non-hydrogen) atoms. The minimum atomic E-state index is -0.473. The van der Waals surface area contributed by atoms with Gasteiger partial charge in [0.15, 0.2) is 0 Å². The van der Waals surface area contributed by atoms with Crippen LogP contribution in [-0.2, 0) is 6.61 Å². The van der Waals surface area contributed by atoms with Crippen molar-refractivity contribution in [1.82, 2.24) is 9.78 Å². The van der Waals surface area contributed by atoms with Gasteiger partial charge in [0, 0.05) is 6.20 Å². The lowest BCUT2D eigenvalue weighted by Gasteiger charge is -2.01. The highest BCUT2D eigenvalue weighted by Gasteiger charge is 2.08. The lowest BCUT2D eigenvalue weighted by atomic mass is 10.3. The van der Waals surface area contributed by atoms with Gasteiger partial charge in [-0.1, -0.05) is 11.6 Å². The summed E-state index contributed by atoms with van der Waals surface area (Å²) in [6, 6.07) is 4.30. The van der Waals surface area contributed by atoms with Gasteiger partial charge in [-0.3, -0.25) is 0 Å². The van der Waals surface area contributed by atoms with Gasteiger partial charge >= 0.3 is 0 Å². The van der Waals surface area contributed by atoms with Gasteiger partial charge in [-0.25, -0.2) is 9.07 Å². The molecule has 0 aliphatic carbocycles. The summed E-state index contributed by atoms with van der Waals surface area (Å²) in [5, 5.41) is 13.1. The first kappa shape index (κ1) is 11.6. The molecule has 1 aromatic heterocycles. The molecular weight excluding hydrogens is 298 g/mol. The van der Waals surface area contributed by atoms with E-state index < -0.39 is 5.82 Å². The van der Waals surface area contributed by atoms with E-state index in [4.69, 9.17) is 16.7 Å². The van der Waals surface area contributed by atoms with Crippen LogP contribution >= 0.6 is 27.5 Å². The summed E-state index contributed by atoms with van der Waals surface area (Å²) in [5.74, 6) is -0.473. The fourth-order valence-corrected chi connectivity index (χ4v) is 1.83. The Kier molecular flexibility index (Phi) is 3.28. The third-order valence-corrected chi connectivity index (χ3v) is 3.01. The lowest BCUT2D eigenvalue weighted by molar-refractivity contribution is 0.275. The number of hydrogen-bond acceptors (Lipinski definition) is 2. The summed E-state index contributed by atoms with van der Waals surface area (Å²) in [5.41, 5.74) is 1.15. The molecule has 0 radical (unpaired) electrons. The third kappa shape index (κ3) is 2.11. The van der Waals surface area contributed by atoms with Gasteiger partial charge in [-0.05, 0) is 34.1 Å². The summed E-state index contributed by atoms with van der Waals surface area (Å²) >= 11 is 8.92. The first-order valence-electron chi connectivity index (χ1n) is 4.42. The average molecular weight is 306 g/mol. The zero-order valence-corrected chi connectivity index (χ0v) is 10.3. The molecule has 3 nitrogen and oxygen atoms in total. The zero-order chi connectivity index (χ0) is 11.7. The molecule has 1 aromatic carbocycles. The lowest BCUT2D eigenvalue weighted by Crippen LogP contribution is -1.96. The largest absolute Gasteiger partial charge is 0.390 e. The SMILES string of the molecule is OCc1nn(-c2ccc(F)c(Cl)c2)cc1Br. The van der Waals surface area contributed by atoms with E-state index in [1.54, 1.807) is 12.3 Å². The van der Waals surface area contributed by atoms with Gasteiger partial charge in [-0.2, -0.15) is 5.10 Å². The van der Waals surface area contributed by atoms with E-state index in [2.05, 4.69) is 21.0 Å². The number of aromatic nitrogens is 2. The molecule has 0 atom stereocenters. The molecule has 1 N–H and O–H groups in total. The molecule has 0 fully saturated rings. The molecule has 84 valence electrons. The molecule has 0 saturated heterocycles. The van der Waals surface area contributed by atoms with Crippen LogP contribution in [0.2, 0.25) is 5.02 Å². The Balaban J connectivity index is 2.46. The van der Waals surface area contributed by atoms with Crippen molar-refractivity contribution in [2.45, 2.75) is 6.61 Å². The maximum atomic E-state index is 13.0. The van der Waals surface area contributed by atoms with Crippen LogP contribution in [-0.4, -0.2) is 14.9 Å². The van der Waals surface area contributed by atoms with E-state index in [1.807, 2.05) is 0 Å². The third-order valence-electron chi connectivity index (χ3n) is 2.06. The molecule has 0 saturated carbocycles. The number of rotatable bonds is 2. The van der Waals surface area contributed by atoms with Crippen LogP contribution in [0.15, 0.2) is 28.9 Å². The Bertz CT molecular complexity index is 530. The predicted octanol–water partition coefficient (Wildman–Crippen LogP) is 2.92. The van der Waals surface area contributed by atoms with Gasteiger partial charge in [0.25, 0.3) is 0 Å². The van der Waals surface area contributed by atoms with E-state index in [0.717, 1.165) is 0 Å². The van der Waals surface area contributed by atoms with Crippen molar-refractivity contribution < 1.29 is 9.50 Å². The van der Waals surface area contributed by atoms with Crippen molar-refractivity contribution in [3.05, 3.63) is 45.4 Å². The number of benzene rings is 1. The van der Waals surface area contributed by atoms with Gasteiger partial charge in [0.1, 0.15) is 11.5 Å². The van der Waals surface area contributed by atoms with Gasteiger partial charge < -0.3 is 5.11 Å². The quantitative estimate of drug-likeness (QED) is 0.926. The topological polar surface area (TPSA) is 38.1 Å². The molecule has 0 amide bonds. The molecule has 1 heterocycles.